The van der Waals surface area contributed by atoms with Crippen LogP contribution in [0, 0.1) is 12.3 Å². The molecule has 0 unspecified atom stereocenters. The van der Waals surface area contributed by atoms with E-state index in [0.717, 1.165) is 67.3 Å². The Morgan fingerprint density at radius 2 is 1.83 bits per heavy atom. The van der Waals surface area contributed by atoms with Gasteiger partial charge in [0.05, 0.1) is 11.7 Å². The van der Waals surface area contributed by atoms with Crippen molar-refractivity contribution < 1.29 is 27.8 Å². The minimum absolute atomic E-state index is 0.00853. The van der Waals surface area contributed by atoms with Crippen molar-refractivity contribution in [3.63, 3.8) is 0 Å². The van der Waals surface area contributed by atoms with E-state index in [9.17, 15) is 13.6 Å². The van der Waals surface area contributed by atoms with Gasteiger partial charge < -0.3 is 28.9 Å². The summed E-state index contributed by atoms with van der Waals surface area (Å²) >= 11 is 0. The number of hydrogen-bond donors (Lipinski definition) is 1. The predicted molar refractivity (Wildman–Crippen MR) is 198 cm³/mol. The number of aryl methyl sites for hydroxylation is 1. The molecule has 3 fully saturated rings. The van der Waals surface area contributed by atoms with Crippen LogP contribution in [0.4, 0.5) is 19.4 Å². The number of halogens is 2. The van der Waals surface area contributed by atoms with Crippen molar-refractivity contribution in [2.24, 2.45) is 5.41 Å². The summed E-state index contributed by atoms with van der Waals surface area (Å²) in [5.74, 6) is 0.901. The molecular weight excluding hydrogens is 668 g/mol. The molecule has 4 aromatic rings. The monoisotopic (exact) mass is 717 g/mol. The van der Waals surface area contributed by atoms with Crippen LogP contribution in [0.25, 0.3) is 39.0 Å². The van der Waals surface area contributed by atoms with Crippen LogP contribution in [0.2, 0.25) is 0 Å². The first-order chi connectivity index (χ1) is 24.9. The zero-order chi connectivity index (χ0) is 36.8. The quantitative estimate of drug-likeness (QED) is 0.189. The highest BCUT2D eigenvalue weighted by Crippen LogP contribution is 2.48. The van der Waals surface area contributed by atoms with Gasteiger partial charge in [0, 0.05) is 61.0 Å². The SMILES string of the molecule is C=Cc1cc2c(N3CCC4(CC3)CN(C(=O)OC(C)(C)C)C4)nc(OC3CCN(CC)CC3)nc2c(OCC(F)F)c1-c1c(C)ccc2[nH]ncc12. The lowest BCUT2D eigenvalue weighted by atomic mass is 9.72. The van der Waals surface area contributed by atoms with Crippen LogP contribution in [-0.2, 0) is 4.74 Å². The number of rotatable bonds is 9. The molecule has 3 aliphatic rings. The molecule has 5 heterocycles. The van der Waals surface area contributed by atoms with Crippen molar-refractivity contribution in [2.45, 2.75) is 78.4 Å². The third kappa shape index (κ3) is 7.11. The topological polar surface area (TPSA) is 109 Å². The Balaban J connectivity index is 1.30. The summed E-state index contributed by atoms with van der Waals surface area (Å²) in [5.41, 5.74) is 3.74. The highest BCUT2D eigenvalue weighted by atomic mass is 19.3. The molecule has 52 heavy (non-hydrogen) atoms. The zero-order valence-electron chi connectivity index (χ0n) is 30.8. The van der Waals surface area contributed by atoms with Gasteiger partial charge in [-0.15, -0.1) is 0 Å². The van der Waals surface area contributed by atoms with Crippen LogP contribution < -0.4 is 14.4 Å². The second-order valence-corrected chi connectivity index (χ2v) is 15.5. The molecule has 7 rings (SSSR count). The first-order valence-corrected chi connectivity index (χ1v) is 18.3. The van der Waals surface area contributed by atoms with Gasteiger partial charge in [0.2, 0.25) is 0 Å². The van der Waals surface area contributed by atoms with Crippen LogP contribution in [0.3, 0.4) is 0 Å². The molecule has 1 amide bonds. The van der Waals surface area contributed by atoms with E-state index < -0.39 is 18.6 Å². The molecule has 2 aromatic heterocycles. The van der Waals surface area contributed by atoms with E-state index in [4.69, 9.17) is 24.2 Å². The number of nitrogens with one attached hydrogen (secondary N) is 1. The van der Waals surface area contributed by atoms with Crippen LogP contribution in [0.15, 0.2) is 31.0 Å². The van der Waals surface area contributed by atoms with Gasteiger partial charge in [0.25, 0.3) is 6.43 Å². The number of aromatic nitrogens is 4. The summed E-state index contributed by atoms with van der Waals surface area (Å²) in [6.45, 7) is 18.6. The average molecular weight is 718 g/mol. The standard InChI is InChI=1S/C39H49F2N7O4/c1-7-25-19-27-33(34(50-21-30(40)41)32(25)31-24(3)9-10-29-28(31)20-42-45-29)43-36(51-26-11-15-46(8-2)16-12-26)44-35(27)47-17-13-39(14-18-47)22-48(23-39)37(49)52-38(4,5)6/h7,9-10,19-20,26,30H,1,8,11-18,21-23H2,2-6H3,(H,42,45). The minimum atomic E-state index is -2.71. The molecule has 0 bridgehead atoms. The first-order valence-electron chi connectivity index (χ1n) is 18.3. The number of benzene rings is 2. The smallest absolute Gasteiger partial charge is 0.410 e. The molecular formula is C39H49F2N7O4. The lowest BCUT2D eigenvalue weighted by Crippen LogP contribution is -2.62. The van der Waals surface area contributed by atoms with E-state index in [-0.39, 0.29) is 29.4 Å². The van der Waals surface area contributed by atoms with Crippen molar-refractivity contribution in [3.05, 3.63) is 42.1 Å². The van der Waals surface area contributed by atoms with Crippen LogP contribution in [-0.4, -0.2) is 107 Å². The molecule has 1 spiro atoms. The number of piperidine rings is 2. The number of anilines is 1. The highest BCUT2D eigenvalue weighted by molar-refractivity contribution is 6.07. The summed E-state index contributed by atoms with van der Waals surface area (Å²) in [6.07, 6.45) is 3.78. The Labute approximate surface area is 303 Å². The summed E-state index contributed by atoms with van der Waals surface area (Å²) < 4.78 is 46.1. The fraction of sp³-hybridized carbons (Fsp3) is 0.538. The number of alkyl halides is 2. The maximum Gasteiger partial charge on any atom is 0.410 e. The fourth-order valence-corrected chi connectivity index (χ4v) is 7.90. The number of hydrogen-bond acceptors (Lipinski definition) is 9. The average Bonchev–Trinajstić information content (AvgIpc) is 3.58. The lowest BCUT2D eigenvalue weighted by Gasteiger charge is -2.53. The molecule has 2 aromatic carbocycles. The van der Waals surface area contributed by atoms with Crippen molar-refractivity contribution in [1.29, 1.82) is 0 Å². The number of fused-ring (bicyclic) bond motifs is 2. The summed E-state index contributed by atoms with van der Waals surface area (Å²) in [4.78, 5) is 29.1. The molecule has 0 atom stereocenters. The van der Waals surface area contributed by atoms with E-state index in [2.05, 4.69) is 33.5 Å². The van der Waals surface area contributed by atoms with Crippen LogP contribution >= 0.6 is 0 Å². The van der Waals surface area contributed by atoms with E-state index in [1.165, 1.54) is 0 Å². The van der Waals surface area contributed by atoms with Gasteiger partial charge in [-0.05, 0) is 88.7 Å². The Hall–Kier alpha value is -4.52. The van der Waals surface area contributed by atoms with Crippen molar-refractivity contribution in [3.8, 4) is 22.9 Å². The number of carbonyl (C=O) groups excluding carboxylic acids is 1. The van der Waals surface area contributed by atoms with Gasteiger partial charge >= 0.3 is 12.1 Å². The van der Waals surface area contributed by atoms with E-state index in [1.54, 1.807) is 17.2 Å². The summed E-state index contributed by atoms with van der Waals surface area (Å²) in [7, 11) is 0. The molecule has 0 radical (unpaired) electrons. The third-order valence-corrected chi connectivity index (χ3v) is 10.7. The molecule has 13 heteroatoms. The van der Waals surface area contributed by atoms with Gasteiger partial charge in [-0.2, -0.15) is 15.1 Å². The lowest BCUT2D eigenvalue weighted by molar-refractivity contribution is -0.0434. The van der Waals surface area contributed by atoms with Crippen LogP contribution in [0.5, 0.6) is 11.8 Å². The van der Waals surface area contributed by atoms with Gasteiger partial charge in [-0.25, -0.2) is 13.6 Å². The molecule has 0 saturated carbocycles. The number of ether oxygens (including phenoxy) is 3. The predicted octanol–water partition coefficient (Wildman–Crippen LogP) is 7.47. The number of aromatic amines is 1. The molecule has 11 nitrogen and oxygen atoms in total. The zero-order valence-corrected chi connectivity index (χ0v) is 30.8. The Bertz CT molecular complexity index is 1950. The molecule has 3 aliphatic heterocycles. The fourth-order valence-electron chi connectivity index (χ4n) is 7.90. The van der Waals surface area contributed by atoms with Crippen molar-refractivity contribution in [1.82, 2.24) is 30.0 Å². The van der Waals surface area contributed by atoms with E-state index in [1.807, 2.05) is 45.9 Å². The number of H-pyrrole nitrogens is 1. The number of likely N-dealkylation sites (tertiary alicyclic amines) is 2. The Morgan fingerprint density at radius 3 is 2.48 bits per heavy atom. The van der Waals surface area contributed by atoms with Crippen LogP contribution in [0.1, 0.15) is 64.5 Å². The number of amides is 1. The number of nitrogens with zero attached hydrogens (tertiary/aromatic N) is 6. The summed E-state index contributed by atoms with van der Waals surface area (Å²) in [5, 5.41) is 8.81. The molecule has 3 saturated heterocycles. The molecule has 0 aliphatic carbocycles. The Morgan fingerprint density at radius 1 is 1.10 bits per heavy atom. The van der Waals surface area contributed by atoms with Gasteiger partial charge in [-0.3, -0.25) is 5.10 Å². The van der Waals surface area contributed by atoms with E-state index in [0.29, 0.717) is 54.0 Å². The van der Waals surface area contributed by atoms with Gasteiger partial charge in [0.15, 0.2) is 5.75 Å². The maximum absolute atomic E-state index is 13.9. The van der Waals surface area contributed by atoms with E-state index >= 15 is 0 Å². The first kappa shape index (κ1) is 35.9. The second kappa shape index (κ2) is 14.1. The molecule has 278 valence electrons. The van der Waals surface area contributed by atoms with Gasteiger partial charge in [-0.1, -0.05) is 25.6 Å². The minimum Gasteiger partial charge on any atom is -0.485 e. The van der Waals surface area contributed by atoms with Gasteiger partial charge in [0.1, 0.15) is 29.6 Å². The highest BCUT2D eigenvalue weighted by Gasteiger charge is 2.48. The second-order valence-electron chi connectivity index (χ2n) is 15.5. The Kier molecular flexibility index (Phi) is 9.75. The summed E-state index contributed by atoms with van der Waals surface area (Å²) in [6, 6.07) is 6.11. The van der Waals surface area contributed by atoms with Crippen molar-refractivity contribution in [2.75, 3.05) is 57.3 Å². The molecule has 1 N–H and O–H groups in total. The largest absolute Gasteiger partial charge is 0.485 e. The maximum atomic E-state index is 13.9. The third-order valence-electron chi connectivity index (χ3n) is 10.7. The normalized spacial score (nSPS) is 18.3. The number of carbonyl (C=O) groups is 1. The van der Waals surface area contributed by atoms with Crippen molar-refractivity contribution >= 4 is 39.8 Å².